The number of halogens is 2. The van der Waals surface area contributed by atoms with Gasteiger partial charge in [-0.25, -0.2) is 9.37 Å². The number of amides is 1. The number of para-hydroxylation sites is 1. The van der Waals surface area contributed by atoms with Gasteiger partial charge in [0.1, 0.15) is 11.6 Å². The van der Waals surface area contributed by atoms with Crippen molar-refractivity contribution in [3.05, 3.63) is 64.2 Å². The number of phenolic OH excluding ortho intramolecular Hbond substituents is 1. The van der Waals surface area contributed by atoms with Crippen molar-refractivity contribution in [3.63, 3.8) is 0 Å². The molecule has 0 aliphatic heterocycles. The van der Waals surface area contributed by atoms with E-state index in [0.717, 1.165) is 5.56 Å². The molecule has 3 rings (SSSR count). The Balaban J connectivity index is 1.62. The van der Waals surface area contributed by atoms with Gasteiger partial charge in [-0.15, -0.1) is 11.3 Å². The molecule has 25 heavy (non-hydrogen) atoms. The SMILES string of the molecule is O=C(CCc1ccccc1O)Nc1nc(-c2ccc(F)c(Cl)c2)cs1. The monoisotopic (exact) mass is 376 g/mol. The van der Waals surface area contributed by atoms with E-state index >= 15 is 0 Å². The molecule has 0 aliphatic rings. The quantitative estimate of drug-likeness (QED) is 0.667. The predicted octanol–water partition coefficient (Wildman–Crippen LogP) is 4.88. The van der Waals surface area contributed by atoms with Crippen molar-refractivity contribution in [2.75, 3.05) is 5.32 Å². The Hall–Kier alpha value is -2.44. The molecule has 0 aliphatic carbocycles. The smallest absolute Gasteiger partial charge is 0.226 e. The fourth-order valence-electron chi connectivity index (χ4n) is 2.27. The van der Waals surface area contributed by atoms with Gasteiger partial charge < -0.3 is 10.4 Å². The highest BCUT2D eigenvalue weighted by molar-refractivity contribution is 7.14. The molecule has 0 radical (unpaired) electrons. The van der Waals surface area contributed by atoms with E-state index in [9.17, 15) is 14.3 Å². The van der Waals surface area contributed by atoms with Gasteiger partial charge in [0.25, 0.3) is 0 Å². The predicted molar refractivity (Wildman–Crippen MR) is 97.6 cm³/mol. The molecular weight excluding hydrogens is 363 g/mol. The summed E-state index contributed by atoms with van der Waals surface area (Å²) in [4.78, 5) is 16.4. The largest absolute Gasteiger partial charge is 0.508 e. The molecule has 0 spiro atoms. The highest BCUT2D eigenvalue weighted by atomic mass is 35.5. The molecule has 128 valence electrons. The van der Waals surface area contributed by atoms with Gasteiger partial charge in [0.2, 0.25) is 5.91 Å². The fourth-order valence-corrected chi connectivity index (χ4v) is 3.19. The molecule has 0 unspecified atom stereocenters. The molecule has 0 saturated carbocycles. The zero-order valence-electron chi connectivity index (χ0n) is 13.0. The van der Waals surface area contributed by atoms with E-state index in [0.29, 0.717) is 22.8 Å². The Bertz CT molecular complexity index is 914. The number of nitrogens with one attached hydrogen (secondary N) is 1. The Morgan fingerprint density at radius 2 is 2.08 bits per heavy atom. The summed E-state index contributed by atoms with van der Waals surface area (Å²) in [6.45, 7) is 0. The highest BCUT2D eigenvalue weighted by Gasteiger charge is 2.10. The third-order valence-electron chi connectivity index (χ3n) is 3.58. The van der Waals surface area contributed by atoms with Gasteiger partial charge in [-0.1, -0.05) is 29.8 Å². The number of carbonyl (C=O) groups is 1. The number of hydrogen-bond donors (Lipinski definition) is 2. The van der Waals surface area contributed by atoms with Crippen molar-refractivity contribution in [3.8, 4) is 17.0 Å². The van der Waals surface area contributed by atoms with Crippen LogP contribution in [0.4, 0.5) is 9.52 Å². The lowest BCUT2D eigenvalue weighted by Crippen LogP contribution is -2.12. The number of carbonyl (C=O) groups excluding carboxylic acids is 1. The van der Waals surface area contributed by atoms with E-state index in [1.165, 1.54) is 23.5 Å². The zero-order chi connectivity index (χ0) is 17.8. The van der Waals surface area contributed by atoms with Crippen LogP contribution in [0.5, 0.6) is 5.75 Å². The van der Waals surface area contributed by atoms with Gasteiger partial charge in [-0.2, -0.15) is 0 Å². The standard InChI is InChI=1S/C18H14ClFN2O2S/c19-13-9-12(5-7-14(13)20)15-10-25-18(21-15)22-17(24)8-6-11-3-1-2-4-16(11)23/h1-5,7,9-10,23H,6,8H2,(H,21,22,24). The zero-order valence-corrected chi connectivity index (χ0v) is 14.6. The number of hydrogen-bond acceptors (Lipinski definition) is 4. The lowest BCUT2D eigenvalue weighted by atomic mass is 10.1. The maximum absolute atomic E-state index is 13.2. The third kappa shape index (κ3) is 4.35. The molecule has 1 heterocycles. The first-order valence-electron chi connectivity index (χ1n) is 7.50. The number of rotatable bonds is 5. The van der Waals surface area contributed by atoms with Crippen LogP contribution in [0.2, 0.25) is 5.02 Å². The van der Waals surface area contributed by atoms with Crippen LogP contribution in [-0.2, 0) is 11.2 Å². The highest BCUT2D eigenvalue weighted by Crippen LogP contribution is 2.28. The van der Waals surface area contributed by atoms with Crippen molar-refractivity contribution < 1.29 is 14.3 Å². The van der Waals surface area contributed by atoms with E-state index in [1.54, 1.807) is 29.6 Å². The Labute approximate surface area is 152 Å². The summed E-state index contributed by atoms with van der Waals surface area (Å²) in [6, 6.07) is 11.3. The van der Waals surface area contributed by atoms with Crippen LogP contribution in [0.15, 0.2) is 47.8 Å². The van der Waals surface area contributed by atoms with Gasteiger partial charge in [-0.05, 0) is 36.2 Å². The summed E-state index contributed by atoms with van der Waals surface area (Å²) in [6.07, 6.45) is 0.666. The molecule has 2 aromatic carbocycles. The van der Waals surface area contributed by atoms with Crippen LogP contribution in [0.3, 0.4) is 0 Å². The molecule has 3 aromatic rings. The minimum atomic E-state index is -0.488. The van der Waals surface area contributed by atoms with Crippen LogP contribution in [0, 0.1) is 5.82 Å². The van der Waals surface area contributed by atoms with Crippen molar-refractivity contribution in [1.29, 1.82) is 0 Å². The minimum absolute atomic E-state index is 0.0266. The first-order valence-corrected chi connectivity index (χ1v) is 8.76. The molecule has 0 bridgehead atoms. The summed E-state index contributed by atoms with van der Waals surface area (Å²) >= 11 is 7.06. The van der Waals surface area contributed by atoms with Crippen LogP contribution in [0.25, 0.3) is 11.3 Å². The van der Waals surface area contributed by atoms with E-state index < -0.39 is 5.82 Å². The van der Waals surface area contributed by atoms with E-state index in [1.807, 2.05) is 6.07 Å². The van der Waals surface area contributed by atoms with Gasteiger partial charge in [0.05, 0.1) is 10.7 Å². The average Bonchev–Trinajstić information content (AvgIpc) is 3.05. The number of aromatic hydroxyl groups is 1. The van der Waals surface area contributed by atoms with E-state index in [2.05, 4.69) is 10.3 Å². The van der Waals surface area contributed by atoms with Gasteiger partial charge in [0, 0.05) is 17.4 Å². The number of thiazole rings is 1. The van der Waals surface area contributed by atoms with Crippen molar-refractivity contribution in [1.82, 2.24) is 4.98 Å². The lowest BCUT2D eigenvalue weighted by Gasteiger charge is -2.04. The minimum Gasteiger partial charge on any atom is -0.508 e. The molecule has 2 N–H and O–H groups in total. The normalized spacial score (nSPS) is 10.6. The summed E-state index contributed by atoms with van der Waals surface area (Å²) in [7, 11) is 0. The van der Waals surface area contributed by atoms with Crippen molar-refractivity contribution in [2.45, 2.75) is 12.8 Å². The summed E-state index contributed by atoms with van der Waals surface area (Å²) in [5, 5.41) is 14.7. The molecule has 1 aromatic heterocycles. The van der Waals surface area contributed by atoms with Crippen molar-refractivity contribution in [2.24, 2.45) is 0 Å². The second kappa shape index (κ2) is 7.63. The molecule has 0 fully saturated rings. The maximum atomic E-state index is 13.2. The average molecular weight is 377 g/mol. The molecule has 1 amide bonds. The summed E-state index contributed by atoms with van der Waals surface area (Å²) in [5.41, 5.74) is 2.01. The molecule has 7 heteroatoms. The number of benzene rings is 2. The van der Waals surface area contributed by atoms with Crippen LogP contribution in [-0.4, -0.2) is 16.0 Å². The topological polar surface area (TPSA) is 62.2 Å². The third-order valence-corrected chi connectivity index (χ3v) is 4.63. The number of anilines is 1. The lowest BCUT2D eigenvalue weighted by molar-refractivity contribution is -0.116. The molecule has 0 atom stereocenters. The second-order valence-corrected chi connectivity index (χ2v) is 6.61. The Morgan fingerprint density at radius 3 is 2.84 bits per heavy atom. The maximum Gasteiger partial charge on any atom is 0.226 e. The number of aryl methyl sites for hydroxylation is 1. The van der Waals surface area contributed by atoms with E-state index in [-0.39, 0.29) is 23.1 Å². The van der Waals surface area contributed by atoms with Crippen molar-refractivity contribution >= 4 is 34.0 Å². The first-order chi connectivity index (χ1) is 12.0. The molecule has 4 nitrogen and oxygen atoms in total. The molecular formula is C18H14ClFN2O2S. The summed E-state index contributed by atoms with van der Waals surface area (Å²) < 4.78 is 13.2. The Kier molecular flexibility index (Phi) is 5.31. The first kappa shape index (κ1) is 17.4. The van der Waals surface area contributed by atoms with E-state index in [4.69, 9.17) is 11.6 Å². The molecule has 0 saturated heterocycles. The number of aromatic nitrogens is 1. The van der Waals surface area contributed by atoms with Gasteiger partial charge >= 0.3 is 0 Å². The van der Waals surface area contributed by atoms with Gasteiger partial charge in [0.15, 0.2) is 5.13 Å². The summed E-state index contributed by atoms with van der Waals surface area (Å²) in [5.74, 6) is -0.500. The number of nitrogens with zero attached hydrogens (tertiary/aromatic N) is 1. The Morgan fingerprint density at radius 1 is 1.28 bits per heavy atom. The fraction of sp³-hybridized carbons (Fsp3) is 0.111. The van der Waals surface area contributed by atoms with Crippen LogP contribution in [0.1, 0.15) is 12.0 Å². The second-order valence-electron chi connectivity index (χ2n) is 5.34. The van der Waals surface area contributed by atoms with Gasteiger partial charge in [-0.3, -0.25) is 4.79 Å². The van der Waals surface area contributed by atoms with Crippen LogP contribution >= 0.6 is 22.9 Å². The van der Waals surface area contributed by atoms with Crippen LogP contribution < -0.4 is 5.32 Å². The number of phenols is 1.